The molecule has 3 N–H and O–H groups in total. The van der Waals surface area contributed by atoms with Gasteiger partial charge in [-0.15, -0.1) is 22.7 Å². The molecule has 2 aromatic heterocycles. The fraction of sp³-hybridized carbons (Fsp3) is 0.667. The van der Waals surface area contributed by atoms with Gasteiger partial charge in [-0.05, 0) is 53.4 Å². The average molecular weight is 577 g/mol. The quantitative estimate of drug-likeness (QED) is 0.436. The van der Waals surface area contributed by atoms with Crippen molar-refractivity contribution in [3.05, 3.63) is 33.2 Å². The second kappa shape index (κ2) is 16.9. The zero-order valence-electron chi connectivity index (χ0n) is 21.6. The standard InChI is InChI=1S/C12H18N2O3S.C8H12N2OS.C4H7ClO2/c1-8(2)17-12(15)14-9-3-4-10(16-7-9)11-13-5-6-18-11;9-6-1-2-7(11-5-6)8-10-3-4-12-8;1-3(2)7-4(5)6/h5-6,8-10H,3-4,7H2,1-2H3,(H,14,15);3-4,6-7H,1-2,5,9H2;3H,1-2H3/t9-,10+;;/m1../s1. The molecule has 10 nitrogen and oxygen atoms in total. The van der Waals surface area contributed by atoms with E-state index >= 15 is 0 Å². The smallest absolute Gasteiger partial charge is 0.407 e. The average Bonchev–Trinajstić information content (AvgIpc) is 3.54. The second-order valence-corrected chi connectivity index (χ2v) is 11.2. The van der Waals surface area contributed by atoms with E-state index in [1.807, 2.05) is 30.8 Å². The number of aromatic nitrogens is 2. The number of alkyl carbamates (subject to hydrolysis) is 1. The van der Waals surface area contributed by atoms with Crippen molar-refractivity contribution in [1.29, 1.82) is 0 Å². The molecule has 0 aromatic carbocycles. The van der Waals surface area contributed by atoms with Crippen molar-refractivity contribution >= 4 is 45.8 Å². The third-order valence-electron chi connectivity index (χ3n) is 5.03. The molecule has 0 saturated carbocycles. The predicted octanol–water partition coefficient (Wildman–Crippen LogP) is 5.59. The lowest BCUT2D eigenvalue weighted by atomic mass is 10.1. The Kier molecular flexibility index (Phi) is 14.3. The number of rotatable bonds is 5. The molecule has 4 rings (SSSR count). The van der Waals surface area contributed by atoms with E-state index in [1.165, 1.54) is 0 Å². The first kappa shape index (κ1) is 31.4. The van der Waals surface area contributed by atoms with Crippen molar-refractivity contribution in [2.45, 2.75) is 89.9 Å². The van der Waals surface area contributed by atoms with Crippen LogP contribution in [0.1, 0.15) is 75.6 Å². The number of halogens is 1. The molecule has 4 atom stereocenters. The molecule has 37 heavy (non-hydrogen) atoms. The molecule has 13 heteroatoms. The summed E-state index contributed by atoms with van der Waals surface area (Å²) >= 11 is 8.07. The first-order valence-corrected chi connectivity index (χ1v) is 14.4. The van der Waals surface area contributed by atoms with Crippen LogP contribution in [0.25, 0.3) is 0 Å². The van der Waals surface area contributed by atoms with E-state index < -0.39 is 5.43 Å². The number of carbonyl (C=O) groups is 2. The van der Waals surface area contributed by atoms with Crippen LogP contribution in [0.4, 0.5) is 9.59 Å². The van der Waals surface area contributed by atoms with Crippen molar-refractivity contribution in [2.75, 3.05) is 13.2 Å². The molecule has 2 aliphatic heterocycles. The normalized spacial score (nSPS) is 23.2. The highest BCUT2D eigenvalue weighted by atomic mass is 35.5. The lowest BCUT2D eigenvalue weighted by molar-refractivity contribution is -0.00533. The SMILES string of the molecule is CC(C)OC(=O)Cl.CC(C)OC(=O)N[C@@H]1CC[C@@H](c2nccs2)OC1.NC1CCC(c2nccs2)OC1. The summed E-state index contributed by atoms with van der Waals surface area (Å²) < 4.78 is 20.7. The first-order valence-electron chi connectivity index (χ1n) is 12.2. The molecule has 2 unspecified atom stereocenters. The van der Waals surface area contributed by atoms with E-state index in [0.29, 0.717) is 13.2 Å². The Labute approximate surface area is 231 Å². The molecular formula is C24H37ClN4O6S2. The highest BCUT2D eigenvalue weighted by Gasteiger charge is 2.26. The largest absolute Gasteiger partial charge is 0.451 e. The summed E-state index contributed by atoms with van der Waals surface area (Å²) in [5.41, 5.74) is 4.97. The van der Waals surface area contributed by atoms with E-state index in [4.69, 9.17) is 31.5 Å². The van der Waals surface area contributed by atoms with Crippen LogP contribution in [-0.4, -0.2) is 59.0 Å². The summed E-state index contributed by atoms with van der Waals surface area (Å²) in [6.07, 6.45) is 7.12. The van der Waals surface area contributed by atoms with Gasteiger partial charge in [0.05, 0.1) is 31.5 Å². The molecule has 0 aliphatic carbocycles. The summed E-state index contributed by atoms with van der Waals surface area (Å²) in [6.45, 7) is 8.31. The lowest BCUT2D eigenvalue weighted by Crippen LogP contribution is -2.42. The first-order chi connectivity index (χ1) is 17.6. The van der Waals surface area contributed by atoms with Gasteiger partial charge in [0.25, 0.3) is 0 Å². The van der Waals surface area contributed by atoms with E-state index in [0.717, 1.165) is 35.7 Å². The summed E-state index contributed by atoms with van der Waals surface area (Å²) in [7, 11) is 0. The van der Waals surface area contributed by atoms with Crippen molar-refractivity contribution in [2.24, 2.45) is 5.73 Å². The molecule has 4 heterocycles. The maximum absolute atomic E-state index is 11.4. The summed E-state index contributed by atoms with van der Waals surface area (Å²) in [4.78, 5) is 29.7. The van der Waals surface area contributed by atoms with E-state index in [-0.39, 0.29) is 42.6 Å². The third kappa shape index (κ3) is 13.0. The zero-order valence-corrected chi connectivity index (χ0v) is 24.0. The van der Waals surface area contributed by atoms with Gasteiger partial charge in [-0.25, -0.2) is 19.6 Å². The number of hydrogen-bond acceptors (Lipinski definition) is 11. The number of carbonyl (C=O) groups excluding carboxylic acids is 2. The molecule has 2 fully saturated rings. The Morgan fingerprint density at radius 2 is 1.49 bits per heavy atom. The van der Waals surface area contributed by atoms with E-state index in [9.17, 15) is 9.59 Å². The van der Waals surface area contributed by atoms with Gasteiger partial charge < -0.3 is 30.0 Å². The summed E-state index contributed by atoms with van der Waals surface area (Å²) in [5, 5.41) is 8.84. The Morgan fingerprint density at radius 3 is 1.84 bits per heavy atom. The molecule has 2 saturated heterocycles. The number of hydrogen-bond donors (Lipinski definition) is 2. The maximum Gasteiger partial charge on any atom is 0.407 e. The van der Waals surface area contributed by atoms with Gasteiger partial charge in [0.15, 0.2) is 0 Å². The molecule has 1 amide bonds. The number of nitrogens with one attached hydrogen (secondary N) is 1. The maximum atomic E-state index is 11.4. The van der Waals surface area contributed by atoms with Crippen LogP contribution < -0.4 is 11.1 Å². The fourth-order valence-corrected chi connectivity index (χ4v) is 5.03. The number of amides is 1. The number of nitrogens with zero attached hydrogens (tertiary/aromatic N) is 2. The topological polar surface area (TPSA) is 135 Å². The monoisotopic (exact) mass is 576 g/mol. The van der Waals surface area contributed by atoms with Crippen LogP contribution in [0, 0.1) is 0 Å². The molecule has 0 radical (unpaired) electrons. The Morgan fingerprint density at radius 1 is 0.946 bits per heavy atom. The molecule has 0 bridgehead atoms. The highest BCUT2D eigenvalue weighted by molar-refractivity contribution is 7.09. The van der Waals surface area contributed by atoms with Crippen molar-refractivity contribution in [3.63, 3.8) is 0 Å². The van der Waals surface area contributed by atoms with Gasteiger partial charge in [0.2, 0.25) is 0 Å². The second-order valence-electron chi connectivity index (χ2n) is 9.00. The zero-order chi connectivity index (χ0) is 27.2. The Bertz CT molecular complexity index is 885. The van der Waals surface area contributed by atoms with Crippen LogP contribution in [0.2, 0.25) is 0 Å². The number of thiazole rings is 2. The van der Waals surface area contributed by atoms with Crippen LogP contribution in [0.15, 0.2) is 23.2 Å². The minimum Gasteiger partial charge on any atom is -0.451 e. The summed E-state index contributed by atoms with van der Waals surface area (Å²) in [6, 6.07) is 0.258. The van der Waals surface area contributed by atoms with Crippen LogP contribution >= 0.6 is 34.3 Å². The van der Waals surface area contributed by atoms with Gasteiger partial charge in [-0.1, -0.05) is 0 Å². The minimum atomic E-state index is -0.741. The molecule has 208 valence electrons. The van der Waals surface area contributed by atoms with Crippen LogP contribution in [0.3, 0.4) is 0 Å². The van der Waals surface area contributed by atoms with Crippen LogP contribution in [0.5, 0.6) is 0 Å². The van der Waals surface area contributed by atoms with E-state index in [1.54, 1.807) is 42.7 Å². The minimum absolute atomic E-state index is 0.0347. The lowest BCUT2D eigenvalue weighted by Gasteiger charge is -2.28. The third-order valence-corrected chi connectivity index (χ3v) is 6.86. The van der Waals surface area contributed by atoms with E-state index in [2.05, 4.69) is 20.0 Å². The van der Waals surface area contributed by atoms with Gasteiger partial charge >= 0.3 is 11.5 Å². The Balaban J connectivity index is 0.000000218. The molecule has 0 spiro atoms. The van der Waals surface area contributed by atoms with Gasteiger partial charge in [-0.3, -0.25) is 0 Å². The molecule has 2 aromatic rings. The predicted molar refractivity (Wildman–Crippen MR) is 144 cm³/mol. The highest BCUT2D eigenvalue weighted by Crippen LogP contribution is 2.29. The van der Waals surface area contributed by atoms with Crippen LogP contribution in [-0.2, 0) is 18.9 Å². The molecule has 2 aliphatic rings. The number of ether oxygens (including phenoxy) is 4. The number of nitrogens with two attached hydrogens (primary N) is 1. The summed E-state index contributed by atoms with van der Waals surface area (Å²) in [5.74, 6) is 0. The van der Waals surface area contributed by atoms with Gasteiger partial charge in [0.1, 0.15) is 22.2 Å². The molecular weight excluding hydrogens is 540 g/mol. The Hall–Kier alpha value is -1.83. The van der Waals surface area contributed by atoms with Crippen molar-refractivity contribution in [1.82, 2.24) is 15.3 Å². The van der Waals surface area contributed by atoms with Gasteiger partial charge in [-0.2, -0.15) is 0 Å². The van der Waals surface area contributed by atoms with Crippen molar-refractivity contribution in [3.8, 4) is 0 Å². The van der Waals surface area contributed by atoms with Crippen molar-refractivity contribution < 1.29 is 28.5 Å². The fourth-order valence-electron chi connectivity index (χ4n) is 3.41. The van der Waals surface area contributed by atoms with Gasteiger partial charge in [0, 0.05) is 40.8 Å².